The highest BCUT2D eigenvalue weighted by molar-refractivity contribution is 6.31. The molecule has 1 N–H and O–H groups in total. The van der Waals surface area contributed by atoms with E-state index in [4.69, 9.17) is 16.0 Å². The van der Waals surface area contributed by atoms with E-state index in [2.05, 4.69) is 27.6 Å². The van der Waals surface area contributed by atoms with Crippen LogP contribution < -0.4 is 5.32 Å². The van der Waals surface area contributed by atoms with Crippen LogP contribution in [0, 0.1) is 13.8 Å². The molecule has 0 saturated heterocycles. The Kier molecular flexibility index (Phi) is 5.72. The summed E-state index contributed by atoms with van der Waals surface area (Å²) in [5.41, 5.74) is 3.49. The summed E-state index contributed by atoms with van der Waals surface area (Å²) in [5.74, 6) is 0.533. The minimum atomic E-state index is -0.324. The number of amides is 1. The average Bonchev–Trinajstić information content (AvgIpc) is 3.45. The van der Waals surface area contributed by atoms with Crippen LogP contribution in [0.4, 0.5) is 5.69 Å². The highest BCUT2D eigenvalue weighted by atomic mass is 35.5. The SMILES string of the molecule is Cc1nn(Cc2ccc(C(=O)Nc3cnn(CCc4ccccc4)c3)o2)c(C)c1Cl. The van der Waals surface area contributed by atoms with Gasteiger partial charge in [-0.1, -0.05) is 41.9 Å². The fourth-order valence-electron chi connectivity index (χ4n) is 3.19. The topological polar surface area (TPSA) is 77.9 Å². The Balaban J connectivity index is 1.35. The van der Waals surface area contributed by atoms with Gasteiger partial charge in [0.1, 0.15) is 5.76 Å². The normalized spacial score (nSPS) is 11.0. The molecule has 0 aliphatic carbocycles. The van der Waals surface area contributed by atoms with Gasteiger partial charge in [0.25, 0.3) is 5.91 Å². The van der Waals surface area contributed by atoms with Crippen LogP contribution in [0.1, 0.15) is 33.3 Å². The van der Waals surface area contributed by atoms with Gasteiger partial charge in [0.15, 0.2) is 5.76 Å². The number of furan rings is 1. The molecule has 30 heavy (non-hydrogen) atoms. The largest absolute Gasteiger partial charge is 0.454 e. The second kappa shape index (κ2) is 8.59. The zero-order valence-electron chi connectivity index (χ0n) is 16.8. The Morgan fingerprint density at radius 1 is 1.17 bits per heavy atom. The summed E-state index contributed by atoms with van der Waals surface area (Å²) in [5, 5.41) is 12.2. The summed E-state index contributed by atoms with van der Waals surface area (Å²) < 4.78 is 9.26. The predicted molar refractivity (Wildman–Crippen MR) is 115 cm³/mol. The van der Waals surface area contributed by atoms with Crippen molar-refractivity contribution < 1.29 is 9.21 Å². The van der Waals surface area contributed by atoms with E-state index in [0.717, 1.165) is 24.4 Å². The molecule has 0 radical (unpaired) electrons. The van der Waals surface area contributed by atoms with Crippen molar-refractivity contribution in [3.05, 3.63) is 88.4 Å². The third-order valence-corrected chi connectivity index (χ3v) is 5.39. The molecule has 8 heteroatoms. The Hall–Kier alpha value is -3.32. The minimum absolute atomic E-state index is 0.231. The van der Waals surface area contributed by atoms with Gasteiger partial charge in [0.2, 0.25) is 0 Å². The van der Waals surface area contributed by atoms with Crippen molar-refractivity contribution in [2.75, 3.05) is 5.32 Å². The quantitative estimate of drug-likeness (QED) is 0.475. The first-order valence-corrected chi connectivity index (χ1v) is 10.0. The van der Waals surface area contributed by atoms with Crippen molar-refractivity contribution in [1.82, 2.24) is 19.6 Å². The molecule has 0 bridgehead atoms. The number of nitrogens with zero attached hydrogens (tertiary/aromatic N) is 4. The molecule has 3 aromatic heterocycles. The maximum atomic E-state index is 12.5. The molecule has 4 aromatic rings. The second-order valence-electron chi connectivity index (χ2n) is 7.09. The Morgan fingerprint density at radius 3 is 2.70 bits per heavy atom. The number of anilines is 1. The summed E-state index contributed by atoms with van der Waals surface area (Å²) in [6.45, 7) is 4.89. The van der Waals surface area contributed by atoms with Crippen LogP contribution in [0.15, 0.2) is 59.3 Å². The fraction of sp³-hybridized carbons (Fsp3) is 0.227. The van der Waals surface area contributed by atoms with Crippen molar-refractivity contribution in [1.29, 1.82) is 0 Å². The lowest BCUT2D eigenvalue weighted by atomic mass is 10.1. The lowest BCUT2D eigenvalue weighted by Gasteiger charge is -2.03. The molecule has 0 unspecified atom stereocenters. The zero-order chi connectivity index (χ0) is 21.1. The molecule has 0 fully saturated rings. The summed E-state index contributed by atoms with van der Waals surface area (Å²) >= 11 is 6.18. The third kappa shape index (κ3) is 4.46. The summed E-state index contributed by atoms with van der Waals surface area (Å²) in [7, 11) is 0. The van der Waals surface area contributed by atoms with Crippen molar-refractivity contribution in [3.8, 4) is 0 Å². The first-order valence-electron chi connectivity index (χ1n) is 9.65. The maximum Gasteiger partial charge on any atom is 0.291 e. The molecule has 1 aromatic carbocycles. The lowest BCUT2D eigenvalue weighted by molar-refractivity contribution is 0.0994. The number of hydrogen-bond donors (Lipinski definition) is 1. The van der Waals surface area contributed by atoms with Gasteiger partial charge in [-0.25, -0.2) is 0 Å². The number of halogens is 1. The Labute approximate surface area is 179 Å². The third-order valence-electron chi connectivity index (χ3n) is 4.85. The van der Waals surface area contributed by atoms with Crippen LogP contribution in [-0.4, -0.2) is 25.5 Å². The number of carbonyl (C=O) groups is 1. The molecule has 154 valence electrons. The van der Waals surface area contributed by atoms with Crippen molar-refractivity contribution in [3.63, 3.8) is 0 Å². The highest BCUT2D eigenvalue weighted by Gasteiger charge is 2.15. The van der Waals surface area contributed by atoms with E-state index >= 15 is 0 Å². The smallest absolute Gasteiger partial charge is 0.291 e. The first kappa shape index (κ1) is 20.0. The Bertz CT molecular complexity index is 1160. The zero-order valence-corrected chi connectivity index (χ0v) is 17.6. The molecule has 0 saturated carbocycles. The maximum absolute atomic E-state index is 12.5. The molecule has 3 heterocycles. The number of rotatable bonds is 7. The van der Waals surface area contributed by atoms with E-state index in [1.807, 2.05) is 42.9 Å². The van der Waals surface area contributed by atoms with E-state index in [9.17, 15) is 4.79 Å². The van der Waals surface area contributed by atoms with Gasteiger partial charge in [-0.3, -0.25) is 14.2 Å². The van der Waals surface area contributed by atoms with Crippen molar-refractivity contribution in [2.24, 2.45) is 0 Å². The van der Waals surface area contributed by atoms with Gasteiger partial charge in [-0.15, -0.1) is 0 Å². The van der Waals surface area contributed by atoms with Crippen LogP contribution in [0.25, 0.3) is 0 Å². The number of aromatic nitrogens is 4. The van der Waals surface area contributed by atoms with Gasteiger partial charge in [0.05, 0.1) is 34.8 Å². The van der Waals surface area contributed by atoms with Gasteiger partial charge in [0, 0.05) is 12.7 Å². The van der Waals surface area contributed by atoms with E-state index < -0.39 is 0 Å². The monoisotopic (exact) mass is 423 g/mol. The molecular weight excluding hydrogens is 402 g/mol. The average molecular weight is 424 g/mol. The van der Waals surface area contributed by atoms with Gasteiger partial charge in [-0.2, -0.15) is 10.2 Å². The summed E-state index contributed by atoms with van der Waals surface area (Å²) in [6.07, 6.45) is 4.31. The fourth-order valence-corrected chi connectivity index (χ4v) is 3.33. The lowest BCUT2D eigenvalue weighted by Crippen LogP contribution is -2.10. The van der Waals surface area contributed by atoms with E-state index in [0.29, 0.717) is 23.0 Å². The van der Waals surface area contributed by atoms with Crippen LogP contribution in [0.5, 0.6) is 0 Å². The molecule has 4 rings (SSSR count). The van der Waals surface area contributed by atoms with Crippen molar-refractivity contribution >= 4 is 23.2 Å². The molecule has 0 spiro atoms. The highest BCUT2D eigenvalue weighted by Crippen LogP contribution is 2.20. The van der Waals surface area contributed by atoms with Crippen LogP contribution >= 0.6 is 11.6 Å². The molecule has 1 amide bonds. The van der Waals surface area contributed by atoms with Crippen LogP contribution in [0.2, 0.25) is 5.02 Å². The van der Waals surface area contributed by atoms with E-state index in [1.54, 1.807) is 23.0 Å². The second-order valence-corrected chi connectivity index (χ2v) is 7.47. The molecule has 0 atom stereocenters. The number of carbonyl (C=O) groups excluding carboxylic acids is 1. The molecular formula is C22H22ClN5O2. The van der Waals surface area contributed by atoms with Gasteiger partial charge in [-0.05, 0) is 38.0 Å². The Morgan fingerprint density at radius 2 is 1.97 bits per heavy atom. The standard InChI is InChI=1S/C22H22ClN5O2/c1-15-21(23)16(2)28(26-15)14-19-8-9-20(30-19)22(29)25-18-12-24-27(13-18)11-10-17-6-4-3-5-7-17/h3-9,12-13H,10-11,14H2,1-2H3,(H,25,29). The minimum Gasteiger partial charge on any atom is -0.454 e. The molecule has 0 aliphatic rings. The predicted octanol–water partition coefficient (Wildman–Crippen LogP) is 4.49. The van der Waals surface area contributed by atoms with Crippen LogP contribution in [-0.2, 0) is 19.5 Å². The number of aryl methyl sites for hydroxylation is 3. The van der Waals surface area contributed by atoms with Crippen LogP contribution in [0.3, 0.4) is 0 Å². The first-order chi connectivity index (χ1) is 14.5. The van der Waals surface area contributed by atoms with Gasteiger partial charge < -0.3 is 9.73 Å². The van der Waals surface area contributed by atoms with E-state index in [1.165, 1.54) is 5.56 Å². The van der Waals surface area contributed by atoms with Crippen molar-refractivity contribution in [2.45, 2.75) is 33.4 Å². The van der Waals surface area contributed by atoms with Gasteiger partial charge >= 0.3 is 0 Å². The number of hydrogen-bond acceptors (Lipinski definition) is 4. The summed E-state index contributed by atoms with van der Waals surface area (Å²) in [6, 6.07) is 13.6. The number of benzene rings is 1. The van der Waals surface area contributed by atoms with E-state index in [-0.39, 0.29) is 11.7 Å². The molecule has 0 aliphatic heterocycles. The number of nitrogens with one attached hydrogen (secondary N) is 1. The summed E-state index contributed by atoms with van der Waals surface area (Å²) in [4.78, 5) is 12.5. The molecule has 7 nitrogen and oxygen atoms in total.